The third kappa shape index (κ3) is 0.556. The second kappa shape index (κ2) is 1.22. The first-order chi connectivity index (χ1) is 3.47. The Bertz CT molecular complexity index is 70.2. The van der Waals surface area contributed by atoms with Gasteiger partial charge in [0.2, 0.25) is 0 Å². The first kappa shape index (κ1) is 3.90. The molecule has 1 heterocycles. The SMILES string of the molecule is C1CC[C@@H]2NC2C1. The summed E-state index contributed by atoms with van der Waals surface area (Å²) in [5.74, 6) is 0. The molecule has 0 amide bonds. The van der Waals surface area contributed by atoms with Gasteiger partial charge in [-0.15, -0.1) is 0 Å². The summed E-state index contributed by atoms with van der Waals surface area (Å²) in [6.45, 7) is 0. The molecule has 1 nitrogen and oxygen atoms in total. The van der Waals surface area contributed by atoms with Crippen LogP contribution in [0, 0.1) is 0 Å². The van der Waals surface area contributed by atoms with E-state index in [1.165, 1.54) is 25.7 Å². The first-order valence-electron chi connectivity index (χ1n) is 3.23. The molecule has 1 aliphatic heterocycles. The Hall–Kier alpha value is -0.0400. The van der Waals surface area contributed by atoms with Crippen molar-refractivity contribution in [2.45, 2.75) is 37.8 Å². The molecule has 1 saturated heterocycles. The molecule has 2 rings (SSSR count). The lowest BCUT2D eigenvalue weighted by molar-refractivity contribution is 0.571. The van der Waals surface area contributed by atoms with E-state index in [1.54, 1.807) is 0 Å². The lowest BCUT2D eigenvalue weighted by Crippen LogP contribution is -2.00. The third-order valence-corrected chi connectivity index (χ3v) is 2.08. The third-order valence-electron chi connectivity index (χ3n) is 2.08. The van der Waals surface area contributed by atoms with E-state index < -0.39 is 0 Å². The van der Waals surface area contributed by atoms with Gasteiger partial charge >= 0.3 is 0 Å². The quantitative estimate of drug-likeness (QED) is 0.446. The van der Waals surface area contributed by atoms with Crippen LogP contribution in [-0.4, -0.2) is 12.1 Å². The fraction of sp³-hybridized carbons (Fsp3) is 1.00. The standard InChI is InChI=1S/C6H11N/c1-2-4-6-5(3-1)7-6/h5-7H,1-4H2/t5-,6?/m0/s1. The van der Waals surface area contributed by atoms with Crippen LogP contribution in [0.4, 0.5) is 0 Å². The molecule has 40 valence electrons. The average molecular weight is 97.2 g/mol. The molecule has 0 spiro atoms. The van der Waals surface area contributed by atoms with Crippen LogP contribution in [0.5, 0.6) is 0 Å². The van der Waals surface area contributed by atoms with Gasteiger partial charge in [-0.05, 0) is 12.8 Å². The van der Waals surface area contributed by atoms with Crippen LogP contribution in [0.15, 0.2) is 0 Å². The minimum absolute atomic E-state index is 0.953. The van der Waals surface area contributed by atoms with E-state index in [4.69, 9.17) is 0 Å². The summed E-state index contributed by atoms with van der Waals surface area (Å²) in [5.41, 5.74) is 0. The minimum Gasteiger partial charge on any atom is -0.308 e. The van der Waals surface area contributed by atoms with E-state index in [1.807, 2.05) is 0 Å². The van der Waals surface area contributed by atoms with Gasteiger partial charge in [0.15, 0.2) is 0 Å². The molecule has 0 radical (unpaired) electrons. The molecular formula is C6H11N. The van der Waals surface area contributed by atoms with Gasteiger partial charge < -0.3 is 5.32 Å². The van der Waals surface area contributed by atoms with E-state index >= 15 is 0 Å². The fourth-order valence-corrected chi connectivity index (χ4v) is 1.52. The molecule has 1 unspecified atom stereocenters. The number of fused-ring (bicyclic) bond motifs is 1. The van der Waals surface area contributed by atoms with Gasteiger partial charge in [-0.2, -0.15) is 0 Å². The van der Waals surface area contributed by atoms with Crippen molar-refractivity contribution in [3.63, 3.8) is 0 Å². The molecule has 0 aromatic heterocycles. The van der Waals surface area contributed by atoms with E-state index in [2.05, 4.69) is 5.32 Å². The molecule has 1 heteroatoms. The zero-order valence-corrected chi connectivity index (χ0v) is 4.48. The van der Waals surface area contributed by atoms with Crippen molar-refractivity contribution in [3.8, 4) is 0 Å². The maximum atomic E-state index is 3.43. The van der Waals surface area contributed by atoms with E-state index in [9.17, 15) is 0 Å². The molecule has 1 saturated carbocycles. The van der Waals surface area contributed by atoms with Crippen molar-refractivity contribution < 1.29 is 0 Å². The summed E-state index contributed by atoms with van der Waals surface area (Å²) in [6, 6.07) is 1.91. The average Bonchev–Trinajstić information content (AvgIpc) is 2.41. The van der Waals surface area contributed by atoms with Gasteiger partial charge in [0.1, 0.15) is 0 Å². The zero-order valence-electron chi connectivity index (χ0n) is 4.48. The van der Waals surface area contributed by atoms with Gasteiger partial charge in [0.25, 0.3) is 0 Å². The van der Waals surface area contributed by atoms with Gasteiger partial charge in [0.05, 0.1) is 0 Å². The molecule has 1 aliphatic carbocycles. The molecular weight excluding hydrogens is 86.1 g/mol. The largest absolute Gasteiger partial charge is 0.308 e. The summed E-state index contributed by atoms with van der Waals surface area (Å²) in [7, 11) is 0. The van der Waals surface area contributed by atoms with Crippen molar-refractivity contribution in [2.24, 2.45) is 0 Å². The maximum Gasteiger partial charge on any atom is 0.0224 e. The molecule has 2 aliphatic rings. The predicted molar refractivity (Wildman–Crippen MR) is 29.2 cm³/mol. The molecule has 0 bridgehead atoms. The topological polar surface area (TPSA) is 21.9 Å². The highest BCUT2D eigenvalue weighted by molar-refractivity contribution is 4.99. The van der Waals surface area contributed by atoms with Crippen molar-refractivity contribution in [1.82, 2.24) is 5.32 Å². The second-order valence-corrected chi connectivity index (χ2v) is 2.66. The van der Waals surface area contributed by atoms with Crippen molar-refractivity contribution in [2.75, 3.05) is 0 Å². The number of nitrogens with one attached hydrogen (secondary N) is 1. The van der Waals surface area contributed by atoms with Gasteiger partial charge in [0, 0.05) is 12.1 Å². The summed E-state index contributed by atoms with van der Waals surface area (Å²) in [4.78, 5) is 0. The summed E-state index contributed by atoms with van der Waals surface area (Å²) in [6.07, 6.45) is 5.83. The highest BCUT2D eigenvalue weighted by Crippen LogP contribution is 2.28. The Morgan fingerprint density at radius 1 is 1.00 bits per heavy atom. The smallest absolute Gasteiger partial charge is 0.0224 e. The van der Waals surface area contributed by atoms with Crippen LogP contribution >= 0.6 is 0 Å². The molecule has 0 aromatic rings. The molecule has 0 aromatic carbocycles. The Balaban J connectivity index is 1.95. The molecule has 2 atom stereocenters. The van der Waals surface area contributed by atoms with E-state index in [0.29, 0.717) is 0 Å². The highest BCUT2D eigenvalue weighted by Gasteiger charge is 2.37. The Kier molecular flexibility index (Phi) is 0.680. The second-order valence-electron chi connectivity index (χ2n) is 2.66. The Morgan fingerprint density at radius 3 is 2.00 bits per heavy atom. The minimum atomic E-state index is 0.953. The molecule has 2 fully saturated rings. The van der Waals surface area contributed by atoms with Crippen LogP contribution in [0.25, 0.3) is 0 Å². The number of hydrogen-bond donors (Lipinski definition) is 1. The van der Waals surface area contributed by atoms with Crippen molar-refractivity contribution in [3.05, 3.63) is 0 Å². The maximum absolute atomic E-state index is 3.43. The monoisotopic (exact) mass is 97.1 g/mol. The fourth-order valence-electron chi connectivity index (χ4n) is 1.52. The first-order valence-corrected chi connectivity index (χ1v) is 3.23. The number of hydrogen-bond acceptors (Lipinski definition) is 1. The highest BCUT2D eigenvalue weighted by atomic mass is 15.1. The summed E-state index contributed by atoms with van der Waals surface area (Å²) in [5, 5.41) is 3.43. The lowest BCUT2D eigenvalue weighted by atomic mass is 10.0. The zero-order chi connectivity index (χ0) is 4.69. The van der Waals surface area contributed by atoms with Gasteiger partial charge in [-0.3, -0.25) is 0 Å². The normalized spacial score (nSPS) is 48.0. The van der Waals surface area contributed by atoms with Crippen LogP contribution in [0.3, 0.4) is 0 Å². The molecule has 7 heavy (non-hydrogen) atoms. The lowest BCUT2D eigenvalue weighted by Gasteiger charge is -2.02. The Labute approximate surface area is 44.1 Å². The summed E-state index contributed by atoms with van der Waals surface area (Å²) < 4.78 is 0. The van der Waals surface area contributed by atoms with E-state index in [-0.39, 0.29) is 0 Å². The Morgan fingerprint density at radius 2 is 1.57 bits per heavy atom. The van der Waals surface area contributed by atoms with Gasteiger partial charge in [-0.1, -0.05) is 12.8 Å². The van der Waals surface area contributed by atoms with Crippen molar-refractivity contribution in [1.29, 1.82) is 0 Å². The predicted octanol–water partition coefficient (Wildman–Crippen LogP) is 0.901. The van der Waals surface area contributed by atoms with Crippen LogP contribution in [-0.2, 0) is 0 Å². The van der Waals surface area contributed by atoms with Crippen LogP contribution in [0.1, 0.15) is 25.7 Å². The van der Waals surface area contributed by atoms with E-state index in [0.717, 1.165) is 12.1 Å². The van der Waals surface area contributed by atoms with Crippen LogP contribution in [0.2, 0.25) is 0 Å². The van der Waals surface area contributed by atoms with Crippen molar-refractivity contribution >= 4 is 0 Å². The van der Waals surface area contributed by atoms with Gasteiger partial charge in [-0.25, -0.2) is 0 Å². The number of rotatable bonds is 0. The molecule has 1 N–H and O–H groups in total. The van der Waals surface area contributed by atoms with Crippen LogP contribution < -0.4 is 5.32 Å². The summed E-state index contributed by atoms with van der Waals surface area (Å²) >= 11 is 0.